The summed E-state index contributed by atoms with van der Waals surface area (Å²) in [6.45, 7) is 3.01. The third-order valence-corrected chi connectivity index (χ3v) is 6.55. The zero-order valence-electron chi connectivity index (χ0n) is 8.73. The predicted octanol–water partition coefficient (Wildman–Crippen LogP) is 1.96. The van der Waals surface area contributed by atoms with E-state index in [1.54, 1.807) is 0 Å². The fourth-order valence-electron chi connectivity index (χ4n) is 1.49. The third kappa shape index (κ3) is 1.53. The van der Waals surface area contributed by atoms with E-state index in [4.69, 9.17) is 0 Å². The Labute approximate surface area is 106 Å². The van der Waals surface area contributed by atoms with E-state index in [1.165, 1.54) is 25.2 Å². The number of amides is 1. The van der Waals surface area contributed by atoms with Gasteiger partial charge in [-0.3, -0.25) is 4.79 Å². The van der Waals surface area contributed by atoms with Crippen molar-refractivity contribution in [2.75, 3.05) is 0 Å². The van der Waals surface area contributed by atoms with Crippen molar-refractivity contribution in [1.29, 1.82) is 0 Å². The summed E-state index contributed by atoms with van der Waals surface area (Å²) in [6, 6.07) is 3.64. The molecule has 1 amide bonds. The summed E-state index contributed by atoms with van der Waals surface area (Å²) in [4.78, 5) is 12.5. The molecule has 4 nitrogen and oxygen atoms in total. The first kappa shape index (κ1) is 12.1. The quantitative estimate of drug-likeness (QED) is 0.836. The SMILES string of the molecule is CC1(C)C(=O)N(Cc2ccc(Br)s2)S1(=O)=O. The van der Waals surface area contributed by atoms with Crippen LogP contribution in [0.25, 0.3) is 0 Å². The lowest BCUT2D eigenvalue weighted by atomic mass is 10.2. The summed E-state index contributed by atoms with van der Waals surface area (Å²) in [5.41, 5.74) is 0. The molecule has 1 fully saturated rings. The molecule has 0 unspecified atom stereocenters. The Morgan fingerprint density at radius 3 is 2.50 bits per heavy atom. The fraction of sp³-hybridized carbons (Fsp3) is 0.444. The first-order chi connectivity index (χ1) is 7.26. The first-order valence-electron chi connectivity index (χ1n) is 4.58. The van der Waals surface area contributed by atoms with Crippen LogP contribution in [0.4, 0.5) is 0 Å². The second-order valence-corrected chi connectivity index (χ2v) is 8.99. The van der Waals surface area contributed by atoms with Crippen LogP contribution < -0.4 is 0 Å². The number of carbonyl (C=O) groups excluding carboxylic acids is 1. The highest BCUT2D eigenvalue weighted by molar-refractivity contribution is 9.11. The Morgan fingerprint density at radius 2 is 2.06 bits per heavy atom. The molecule has 7 heteroatoms. The van der Waals surface area contributed by atoms with Crippen LogP contribution in [0.1, 0.15) is 18.7 Å². The Kier molecular flexibility index (Phi) is 2.67. The van der Waals surface area contributed by atoms with Crippen molar-refractivity contribution >= 4 is 43.2 Å². The van der Waals surface area contributed by atoms with Crippen LogP contribution >= 0.6 is 27.3 Å². The lowest BCUT2D eigenvalue weighted by Crippen LogP contribution is -2.66. The number of hydrogen-bond donors (Lipinski definition) is 0. The van der Waals surface area contributed by atoms with Crippen LogP contribution in [0.5, 0.6) is 0 Å². The normalized spacial score (nSPS) is 21.9. The minimum Gasteiger partial charge on any atom is -0.272 e. The Morgan fingerprint density at radius 1 is 1.44 bits per heavy atom. The van der Waals surface area contributed by atoms with Crippen LogP contribution in [0.2, 0.25) is 0 Å². The second kappa shape index (κ2) is 3.54. The van der Waals surface area contributed by atoms with Gasteiger partial charge in [0.2, 0.25) is 0 Å². The average molecular weight is 324 g/mol. The largest absolute Gasteiger partial charge is 0.272 e. The summed E-state index contributed by atoms with van der Waals surface area (Å²) in [7, 11) is -3.46. The fourth-order valence-corrected chi connectivity index (χ4v) is 4.55. The minimum absolute atomic E-state index is 0.140. The zero-order chi connectivity index (χ0) is 12.1. The highest BCUT2D eigenvalue weighted by Gasteiger charge is 2.59. The number of halogens is 1. The molecule has 0 bridgehead atoms. The van der Waals surface area contributed by atoms with Crippen molar-refractivity contribution in [3.8, 4) is 0 Å². The maximum atomic E-state index is 11.8. The van der Waals surface area contributed by atoms with Crippen LogP contribution in [0, 0.1) is 0 Å². The van der Waals surface area contributed by atoms with Crippen molar-refractivity contribution in [3.63, 3.8) is 0 Å². The number of carbonyl (C=O) groups is 1. The highest BCUT2D eigenvalue weighted by Crippen LogP contribution is 2.37. The molecule has 1 aromatic rings. The van der Waals surface area contributed by atoms with Gasteiger partial charge in [-0.15, -0.1) is 11.3 Å². The van der Waals surface area contributed by atoms with Gasteiger partial charge in [0, 0.05) is 4.88 Å². The molecule has 88 valence electrons. The third-order valence-electron chi connectivity index (χ3n) is 2.60. The smallest absolute Gasteiger partial charge is 0.259 e. The van der Waals surface area contributed by atoms with E-state index in [2.05, 4.69) is 15.9 Å². The summed E-state index contributed by atoms with van der Waals surface area (Å²) in [6.07, 6.45) is 0. The Balaban J connectivity index is 2.23. The van der Waals surface area contributed by atoms with Crippen LogP contribution in [-0.4, -0.2) is 23.4 Å². The van der Waals surface area contributed by atoms with E-state index < -0.39 is 14.8 Å². The molecule has 2 rings (SSSR count). The molecular weight excluding hydrogens is 314 g/mol. The van der Waals surface area contributed by atoms with Gasteiger partial charge in [-0.1, -0.05) is 0 Å². The number of nitrogens with zero attached hydrogens (tertiary/aromatic N) is 1. The molecule has 0 atom stereocenters. The van der Waals surface area contributed by atoms with Gasteiger partial charge in [0.25, 0.3) is 15.9 Å². The molecule has 1 saturated heterocycles. The second-order valence-electron chi connectivity index (χ2n) is 4.03. The van der Waals surface area contributed by atoms with Crippen molar-refractivity contribution < 1.29 is 13.2 Å². The zero-order valence-corrected chi connectivity index (χ0v) is 11.9. The van der Waals surface area contributed by atoms with Crippen molar-refractivity contribution in [2.24, 2.45) is 0 Å². The number of thiophene rings is 1. The molecule has 0 aliphatic carbocycles. The first-order valence-corrected chi connectivity index (χ1v) is 7.63. The van der Waals surface area contributed by atoms with E-state index in [-0.39, 0.29) is 12.5 Å². The van der Waals surface area contributed by atoms with Gasteiger partial charge in [-0.25, -0.2) is 12.7 Å². The van der Waals surface area contributed by atoms with Gasteiger partial charge in [0.1, 0.15) is 0 Å². The summed E-state index contributed by atoms with van der Waals surface area (Å²) < 4.78 is 24.2. The van der Waals surface area contributed by atoms with E-state index in [9.17, 15) is 13.2 Å². The van der Waals surface area contributed by atoms with E-state index >= 15 is 0 Å². The maximum Gasteiger partial charge on any atom is 0.259 e. The maximum absolute atomic E-state index is 11.8. The average Bonchev–Trinajstić information content (AvgIpc) is 2.59. The van der Waals surface area contributed by atoms with Gasteiger partial charge in [0.05, 0.1) is 10.3 Å². The van der Waals surface area contributed by atoms with Gasteiger partial charge in [-0.2, -0.15) is 0 Å². The van der Waals surface area contributed by atoms with E-state index in [0.29, 0.717) is 0 Å². The number of rotatable bonds is 2. The topological polar surface area (TPSA) is 54.5 Å². The Hall–Kier alpha value is -0.400. The molecule has 0 aromatic carbocycles. The minimum atomic E-state index is -3.46. The summed E-state index contributed by atoms with van der Waals surface area (Å²) >= 11 is 4.72. The highest BCUT2D eigenvalue weighted by atomic mass is 79.9. The van der Waals surface area contributed by atoms with Gasteiger partial charge >= 0.3 is 0 Å². The molecule has 0 N–H and O–H groups in total. The molecule has 1 aromatic heterocycles. The van der Waals surface area contributed by atoms with Crippen LogP contribution in [0.3, 0.4) is 0 Å². The van der Waals surface area contributed by atoms with Crippen LogP contribution in [0.15, 0.2) is 15.9 Å². The van der Waals surface area contributed by atoms with Crippen molar-refractivity contribution in [1.82, 2.24) is 4.31 Å². The monoisotopic (exact) mass is 323 g/mol. The summed E-state index contributed by atoms with van der Waals surface area (Å²) in [5, 5.41) is 0. The van der Waals surface area contributed by atoms with Gasteiger partial charge in [0.15, 0.2) is 4.75 Å². The Bertz CT molecular complexity index is 547. The molecule has 0 radical (unpaired) electrons. The van der Waals surface area contributed by atoms with Crippen molar-refractivity contribution in [3.05, 3.63) is 20.8 Å². The lowest BCUT2D eigenvalue weighted by Gasteiger charge is -2.42. The molecule has 0 saturated carbocycles. The molecule has 0 spiro atoms. The molecule has 16 heavy (non-hydrogen) atoms. The molecule has 2 heterocycles. The molecule has 1 aliphatic rings. The van der Waals surface area contributed by atoms with E-state index in [1.807, 2.05) is 12.1 Å². The summed E-state index contributed by atoms with van der Waals surface area (Å²) in [5.74, 6) is -0.336. The number of sulfonamides is 1. The van der Waals surface area contributed by atoms with Crippen molar-refractivity contribution in [2.45, 2.75) is 25.1 Å². The van der Waals surface area contributed by atoms with Gasteiger partial charge in [-0.05, 0) is 41.9 Å². The molecular formula is C9H10BrNO3S2. The van der Waals surface area contributed by atoms with Gasteiger partial charge < -0.3 is 0 Å². The van der Waals surface area contributed by atoms with E-state index in [0.717, 1.165) is 13.0 Å². The lowest BCUT2D eigenvalue weighted by molar-refractivity contribution is -0.132. The standard InChI is InChI=1S/C9H10BrNO3S2/c1-9(2)8(12)11(16(9,13)14)5-6-3-4-7(10)15-6/h3-4H,5H2,1-2H3. The molecule has 1 aliphatic heterocycles. The predicted molar refractivity (Wildman–Crippen MR) is 65.6 cm³/mol. The number of hydrogen-bond acceptors (Lipinski definition) is 4. The van der Waals surface area contributed by atoms with Crippen LogP contribution in [-0.2, 0) is 21.4 Å².